The molecule has 0 aliphatic carbocycles. The monoisotopic (exact) mass is 586 g/mol. The Kier molecular flexibility index (Phi) is 9.17. The van der Waals surface area contributed by atoms with Crippen molar-refractivity contribution >= 4 is 39.9 Å². The van der Waals surface area contributed by atoms with Crippen LogP contribution in [0.3, 0.4) is 0 Å². The number of hydrogen-bond donors (Lipinski definition) is 0. The molecule has 1 nitrogen and oxygen atoms in total. The maximum absolute atomic E-state index is 14.6. The van der Waals surface area contributed by atoms with Crippen LogP contribution in [0.4, 0.5) is 0 Å². The summed E-state index contributed by atoms with van der Waals surface area (Å²) in [5, 5.41) is 0. The predicted molar refractivity (Wildman–Crippen MR) is 154 cm³/mol. The number of benzene rings is 4. The Morgan fingerprint density at radius 3 is 1.57 bits per heavy atom. The molecule has 35 heavy (non-hydrogen) atoms. The molecule has 0 bridgehead atoms. The number of allylic oxidation sites excluding steroid dienone is 1. The molecule has 0 heterocycles. The van der Waals surface area contributed by atoms with Crippen LogP contribution in [0.1, 0.15) is 38.2 Å². The second-order valence-corrected chi connectivity index (χ2v) is 22.2. The third kappa shape index (κ3) is 5.70. The number of hydrogen-bond acceptors (Lipinski definition) is 1. The summed E-state index contributed by atoms with van der Waals surface area (Å²) in [4.78, 5) is 0.890. The van der Waals surface area contributed by atoms with Crippen molar-refractivity contribution in [3.63, 3.8) is 0 Å². The molecule has 1 unspecified atom stereocenters. The first-order chi connectivity index (χ1) is 17.2. The molecule has 0 aliphatic rings. The molecule has 3 heteroatoms. The van der Waals surface area contributed by atoms with Gasteiger partial charge in [-0.05, 0) is 0 Å². The van der Waals surface area contributed by atoms with E-state index in [4.69, 9.17) is 0 Å². The van der Waals surface area contributed by atoms with Gasteiger partial charge in [0.05, 0.1) is 0 Å². The van der Waals surface area contributed by atoms with Crippen molar-refractivity contribution in [3.05, 3.63) is 130 Å². The summed E-state index contributed by atoms with van der Waals surface area (Å²) < 4.78 is 19.7. The van der Waals surface area contributed by atoms with Gasteiger partial charge >= 0.3 is 218 Å². The third-order valence-corrected chi connectivity index (χ3v) is 24.4. The standard InChI is InChI=1S/C14H19OS.3C6H5.Sn/c1-3-4-5-6-7-12-16(15)14-10-8-13(2)9-11-14;3*1-2-4-6-5-3-1;/h7-11H,3-6H2,1-2H3;3*1-5H;. The van der Waals surface area contributed by atoms with E-state index in [1.807, 2.05) is 12.1 Å². The fourth-order valence-electron chi connectivity index (χ4n) is 4.78. The van der Waals surface area contributed by atoms with Gasteiger partial charge in [-0.1, -0.05) is 0 Å². The van der Waals surface area contributed by atoms with Gasteiger partial charge in [0.1, 0.15) is 0 Å². The molecule has 4 aromatic carbocycles. The van der Waals surface area contributed by atoms with Crippen molar-refractivity contribution in [1.82, 2.24) is 0 Å². The van der Waals surface area contributed by atoms with Gasteiger partial charge in [-0.25, -0.2) is 0 Å². The van der Waals surface area contributed by atoms with Crippen LogP contribution in [-0.4, -0.2) is 22.6 Å². The molecule has 0 fully saturated rings. The first-order valence-corrected chi connectivity index (χ1v) is 19.4. The zero-order valence-corrected chi connectivity index (χ0v) is 24.4. The van der Waals surface area contributed by atoms with E-state index in [1.54, 1.807) is 0 Å². The minimum atomic E-state index is -3.91. The molecule has 0 N–H and O–H groups in total. The van der Waals surface area contributed by atoms with E-state index >= 15 is 0 Å². The summed E-state index contributed by atoms with van der Waals surface area (Å²) in [5.41, 5.74) is 1.18. The molecule has 178 valence electrons. The molecule has 0 saturated carbocycles. The van der Waals surface area contributed by atoms with Crippen LogP contribution >= 0.6 is 0 Å². The maximum atomic E-state index is 14.6. The predicted octanol–water partition coefficient (Wildman–Crippen LogP) is 6.28. The van der Waals surface area contributed by atoms with Gasteiger partial charge in [-0.2, -0.15) is 0 Å². The van der Waals surface area contributed by atoms with E-state index in [0.29, 0.717) is 0 Å². The van der Waals surface area contributed by atoms with Crippen LogP contribution in [-0.2, 0) is 10.8 Å². The average Bonchev–Trinajstić information content (AvgIpc) is 2.92. The van der Waals surface area contributed by atoms with Crippen LogP contribution in [0.5, 0.6) is 0 Å². The summed E-state index contributed by atoms with van der Waals surface area (Å²) in [5.74, 6) is 0. The Bertz CT molecular complexity index is 1150. The number of rotatable bonds is 10. The van der Waals surface area contributed by atoms with E-state index in [2.05, 4.69) is 123 Å². The second-order valence-electron chi connectivity index (χ2n) is 8.99. The van der Waals surface area contributed by atoms with Gasteiger partial charge in [-0.15, -0.1) is 0 Å². The van der Waals surface area contributed by atoms with Crippen molar-refractivity contribution in [2.24, 2.45) is 0 Å². The molecular formula is C32H34OSSn. The Hall–Kier alpha value is -2.43. The molecule has 0 aromatic heterocycles. The zero-order chi connectivity index (χ0) is 24.5. The van der Waals surface area contributed by atoms with Gasteiger partial charge in [0.2, 0.25) is 0 Å². The van der Waals surface area contributed by atoms with Gasteiger partial charge in [0.15, 0.2) is 0 Å². The summed E-state index contributed by atoms with van der Waals surface area (Å²) in [6.07, 6.45) is 6.78. The molecule has 4 aromatic rings. The molecule has 0 saturated heterocycles. The van der Waals surface area contributed by atoms with Crippen LogP contribution < -0.4 is 10.7 Å². The zero-order valence-electron chi connectivity index (χ0n) is 20.7. The Morgan fingerprint density at radius 2 is 1.14 bits per heavy atom. The van der Waals surface area contributed by atoms with Crippen molar-refractivity contribution in [2.75, 3.05) is 0 Å². The first-order valence-electron chi connectivity index (χ1n) is 12.5. The van der Waals surface area contributed by atoms with Crippen molar-refractivity contribution < 1.29 is 4.21 Å². The van der Waals surface area contributed by atoms with E-state index < -0.39 is 29.2 Å². The summed E-state index contributed by atoms with van der Waals surface area (Å²) in [6.45, 7) is 4.31. The molecule has 0 radical (unpaired) electrons. The molecule has 1 atom stereocenters. The molecule has 0 amide bonds. The van der Waals surface area contributed by atoms with Crippen molar-refractivity contribution in [1.29, 1.82) is 0 Å². The fraction of sp³-hybridized carbons (Fsp3) is 0.188. The van der Waals surface area contributed by atoms with E-state index in [1.165, 1.54) is 29.1 Å². The summed E-state index contributed by atoms with van der Waals surface area (Å²) in [7, 11) is -1.25. The number of unbranched alkanes of at least 4 members (excludes halogenated alkanes) is 3. The van der Waals surface area contributed by atoms with E-state index in [9.17, 15) is 4.21 Å². The Balaban J connectivity index is 2.04. The molecule has 4 rings (SSSR count). The topological polar surface area (TPSA) is 17.1 Å². The fourth-order valence-corrected chi connectivity index (χ4v) is 24.2. The van der Waals surface area contributed by atoms with Gasteiger partial charge in [0.25, 0.3) is 0 Å². The van der Waals surface area contributed by atoms with E-state index in [0.717, 1.165) is 20.7 Å². The van der Waals surface area contributed by atoms with Gasteiger partial charge < -0.3 is 0 Å². The quantitative estimate of drug-likeness (QED) is 0.158. The average molecular weight is 585 g/mol. The van der Waals surface area contributed by atoms with Gasteiger partial charge in [0, 0.05) is 0 Å². The van der Waals surface area contributed by atoms with Crippen molar-refractivity contribution in [3.8, 4) is 0 Å². The van der Waals surface area contributed by atoms with Crippen LogP contribution in [0.15, 0.2) is 129 Å². The molecule has 0 aliphatic heterocycles. The normalized spacial score (nSPS) is 12.9. The number of aryl methyl sites for hydroxylation is 1. The van der Waals surface area contributed by atoms with Crippen LogP contribution in [0, 0.1) is 6.92 Å². The van der Waals surface area contributed by atoms with Gasteiger partial charge in [-0.3, -0.25) is 0 Å². The van der Waals surface area contributed by atoms with Crippen LogP contribution in [0.25, 0.3) is 0 Å². The summed E-state index contributed by atoms with van der Waals surface area (Å²) in [6, 6.07) is 40.9. The molecular weight excluding hydrogens is 551 g/mol. The molecule has 0 spiro atoms. The third-order valence-electron chi connectivity index (χ3n) is 6.56. The second kappa shape index (κ2) is 12.5. The summed E-state index contributed by atoms with van der Waals surface area (Å²) >= 11 is -3.91. The SMILES string of the molecule is CCCCC/C=[C](/S(=O)c1ccc(C)cc1)[Sn]([c]1ccccc1)([c]1ccccc1)[c]1ccccc1. The minimum absolute atomic E-state index is 0.890. The van der Waals surface area contributed by atoms with Crippen LogP contribution in [0.2, 0.25) is 0 Å². The van der Waals surface area contributed by atoms with Crippen molar-refractivity contribution in [2.45, 2.75) is 44.4 Å². The first kappa shape index (κ1) is 25.7. The Labute approximate surface area is 217 Å². The Morgan fingerprint density at radius 1 is 0.686 bits per heavy atom. The van der Waals surface area contributed by atoms with E-state index in [-0.39, 0.29) is 0 Å².